The Balaban J connectivity index is 2.18. The lowest BCUT2D eigenvalue weighted by Crippen LogP contribution is -2.21. The van der Waals surface area contributed by atoms with Gasteiger partial charge in [0.05, 0.1) is 12.0 Å². The Labute approximate surface area is 136 Å². The van der Waals surface area contributed by atoms with Crippen molar-refractivity contribution in [3.8, 4) is 16.9 Å². The fraction of sp³-hybridized carbons (Fsp3) is 0.250. The second-order valence-electron chi connectivity index (χ2n) is 4.81. The number of benzene rings is 2. The molecule has 0 aliphatic carbocycles. The van der Waals surface area contributed by atoms with Gasteiger partial charge in [-0.2, -0.15) is 0 Å². The fourth-order valence-corrected chi connectivity index (χ4v) is 2.12. The molecule has 0 spiro atoms. The van der Waals surface area contributed by atoms with Crippen molar-refractivity contribution in [2.75, 3.05) is 17.7 Å². The van der Waals surface area contributed by atoms with Crippen LogP contribution in [0.25, 0.3) is 11.1 Å². The van der Waals surface area contributed by atoms with Crippen LogP contribution in [-0.4, -0.2) is 30.0 Å². The minimum Gasteiger partial charge on any atom is -0.406 e. The highest BCUT2D eigenvalue weighted by molar-refractivity contribution is 6.18. The third kappa shape index (κ3) is 5.33. The Morgan fingerprint density at radius 3 is 2.35 bits per heavy atom. The molecular weight excluding hydrogens is 331 g/mol. The summed E-state index contributed by atoms with van der Waals surface area (Å²) in [6.45, 7) is 0.274. The molecule has 2 aromatic carbocycles. The van der Waals surface area contributed by atoms with Crippen LogP contribution in [-0.2, 0) is 0 Å². The molecule has 0 radical (unpaired) electrons. The van der Waals surface area contributed by atoms with E-state index >= 15 is 0 Å². The van der Waals surface area contributed by atoms with Crippen molar-refractivity contribution in [2.24, 2.45) is 0 Å². The molecule has 0 saturated carbocycles. The number of anilines is 1. The lowest BCUT2D eigenvalue weighted by atomic mass is 10.0. The van der Waals surface area contributed by atoms with E-state index in [-0.39, 0.29) is 18.2 Å². The third-order valence-corrected chi connectivity index (χ3v) is 3.39. The van der Waals surface area contributed by atoms with Gasteiger partial charge in [-0.15, -0.1) is 24.8 Å². The molecule has 0 aliphatic heterocycles. The number of hydrogen-bond acceptors (Lipinski definition) is 3. The van der Waals surface area contributed by atoms with E-state index in [4.69, 9.17) is 11.6 Å². The zero-order valence-corrected chi connectivity index (χ0v) is 12.7. The van der Waals surface area contributed by atoms with Gasteiger partial charge in [-0.3, -0.25) is 0 Å². The Bertz CT molecular complexity index is 632. The molecule has 0 aliphatic rings. The summed E-state index contributed by atoms with van der Waals surface area (Å²) in [6, 6.07) is 12.9. The molecular formula is C16H15ClF3NO2. The number of para-hydroxylation sites is 1. The average molecular weight is 346 g/mol. The van der Waals surface area contributed by atoms with Gasteiger partial charge in [0.1, 0.15) is 5.75 Å². The molecule has 1 unspecified atom stereocenters. The maximum absolute atomic E-state index is 12.2. The zero-order chi connectivity index (χ0) is 16.9. The molecule has 23 heavy (non-hydrogen) atoms. The number of ether oxygens (including phenoxy) is 1. The summed E-state index contributed by atoms with van der Waals surface area (Å²) < 4.78 is 40.4. The van der Waals surface area contributed by atoms with Gasteiger partial charge in [0.2, 0.25) is 0 Å². The maximum Gasteiger partial charge on any atom is 0.573 e. The van der Waals surface area contributed by atoms with Crippen LogP contribution in [0.5, 0.6) is 5.75 Å². The third-order valence-electron chi connectivity index (χ3n) is 3.03. The molecule has 2 aromatic rings. The van der Waals surface area contributed by atoms with E-state index in [9.17, 15) is 18.3 Å². The van der Waals surface area contributed by atoms with Crippen molar-refractivity contribution < 1.29 is 23.0 Å². The van der Waals surface area contributed by atoms with Crippen molar-refractivity contribution in [1.29, 1.82) is 0 Å². The second kappa shape index (κ2) is 7.57. The molecule has 0 fully saturated rings. The van der Waals surface area contributed by atoms with Gasteiger partial charge in [0, 0.05) is 17.8 Å². The molecule has 0 heterocycles. The molecule has 124 valence electrons. The quantitative estimate of drug-likeness (QED) is 0.768. The van der Waals surface area contributed by atoms with E-state index in [0.717, 1.165) is 16.8 Å². The van der Waals surface area contributed by atoms with Gasteiger partial charge in [-0.1, -0.05) is 30.3 Å². The van der Waals surface area contributed by atoms with Gasteiger partial charge in [0.15, 0.2) is 0 Å². The monoisotopic (exact) mass is 345 g/mol. The Morgan fingerprint density at radius 1 is 1.09 bits per heavy atom. The molecule has 1 atom stereocenters. The largest absolute Gasteiger partial charge is 0.573 e. The zero-order valence-electron chi connectivity index (χ0n) is 12.0. The number of hydrogen-bond donors (Lipinski definition) is 2. The van der Waals surface area contributed by atoms with Crippen LogP contribution in [0.4, 0.5) is 18.9 Å². The lowest BCUT2D eigenvalue weighted by Gasteiger charge is -2.15. The van der Waals surface area contributed by atoms with Crippen LogP contribution in [0, 0.1) is 0 Å². The van der Waals surface area contributed by atoms with Crippen LogP contribution in [0.3, 0.4) is 0 Å². The number of aliphatic hydroxyl groups excluding tert-OH is 1. The smallest absolute Gasteiger partial charge is 0.406 e. The normalized spacial score (nSPS) is 12.7. The van der Waals surface area contributed by atoms with Crippen LogP contribution in [0.15, 0.2) is 48.5 Å². The molecule has 2 rings (SSSR count). The Hall–Kier alpha value is -1.92. The van der Waals surface area contributed by atoms with Gasteiger partial charge in [-0.05, 0) is 23.8 Å². The van der Waals surface area contributed by atoms with E-state index in [1.807, 2.05) is 24.3 Å². The highest BCUT2D eigenvalue weighted by Crippen LogP contribution is 2.30. The summed E-state index contributed by atoms with van der Waals surface area (Å²) >= 11 is 5.55. The summed E-state index contributed by atoms with van der Waals surface area (Å²) in [4.78, 5) is 0. The number of nitrogens with one attached hydrogen (secondary N) is 1. The summed E-state index contributed by atoms with van der Waals surface area (Å²) in [6.07, 6.45) is -5.40. The van der Waals surface area contributed by atoms with Crippen molar-refractivity contribution in [3.05, 3.63) is 48.5 Å². The fourth-order valence-electron chi connectivity index (χ4n) is 2.01. The van der Waals surface area contributed by atoms with Crippen molar-refractivity contribution in [1.82, 2.24) is 0 Å². The molecule has 0 aromatic heterocycles. The van der Waals surface area contributed by atoms with E-state index < -0.39 is 12.5 Å². The number of alkyl halides is 4. The molecule has 0 bridgehead atoms. The molecule has 0 saturated heterocycles. The number of halogens is 4. The maximum atomic E-state index is 12.2. The van der Waals surface area contributed by atoms with Crippen LogP contribution < -0.4 is 10.1 Å². The Kier molecular flexibility index (Phi) is 5.74. The topological polar surface area (TPSA) is 41.5 Å². The predicted octanol–water partition coefficient (Wildman–Crippen LogP) is 4.26. The SMILES string of the molecule is OC(CCl)CNc1ccccc1-c1ccc(OC(F)(F)F)cc1. The summed E-state index contributed by atoms with van der Waals surface area (Å²) in [5.41, 5.74) is 2.27. The average Bonchev–Trinajstić information content (AvgIpc) is 2.52. The number of aliphatic hydroxyl groups is 1. The lowest BCUT2D eigenvalue weighted by molar-refractivity contribution is -0.274. The summed E-state index contributed by atoms with van der Waals surface area (Å²) in [5, 5.41) is 12.6. The van der Waals surface area contributed by atoms with Gasteiger partial charge < -0.3 is 15.2 Å². The summed E-state index contributed by atoms with van der Waals surface area (Å²) in [5.74, 6) is -0.164. The molecule has 3 nitrogen and oxygen atoms in total. The van der Waals surface area contributed by atoms with E-state index in [1.165, 1.54) is 12.1 Å². The number of rotatable bonds is 6. The summed E-state index contributed by atoms with van der Waals surface area (Å²) in [7, 11) is 0. The van der Waals surface area contributed by atoms with Crippen molar-refractivity contribution in [3.63, 3.8) is 0 Å². The molecule has 2 N–H and O–H groups in total. The highest BCUT2D eigenvalue weighted by Gasteiger charge is 2.30. The van der Waals surface area contributed by atoms with Crippen LogP contribution in [0.1, 0.15) is 0 Å². The molecule has 7 heteroatoms. The van der Waals surface area contributed by atoms with Crippen LogP contribution >= 0.6 is 11.6 Å². The van der Waals surface area contributed by atoms with E-state index in [1.54, 1.807) is 12.1 Å². The second-order valence-corrected chi connectivity index (χ2v) is 5.12. The van der Waals surface area contributed by atoms with E-state index in [0.29, 0.717) is 0 Å². The van der Waals surface area contributed by atoms with Crippen molar-refractivity contribution >= 4 is 17.3 Å². The first-order valence-electron chi connectivity index (χ1n) is 6.82. The van der Waals surface area contributed by atoms with Gasteiger partial charge >= 0.3 is 6.36 Å². The van der Waals surface area contributed by atoms with Gasteiger partial charge in [-0.25, -0.2) is 0 Å². The van der Waals surface area contributed by atoms with Crippen molar-refractivity contribution in [2.45, 2.75) is 12.5 Å². The first-order valence-corrected chi connectivity index (χ1v) is 7.35. The minimum atomic E-state index is -4.71. The van der Waals surface area contributed by atoms with E-state index in [2.05, 4.69) is 10.1 Å². The highest BCUT2D eigenvalue weighted by atomic mass is 35.5. The van der Waals surface area contributed by atoms with Crippen LogP contribution in [0.2, 0.25) is 0 Å². The predicted molar refractivity (Wildman–Crippen MR) is 83.8 cm³/mol. The standard InChI is InChI=1S/C16H15ClF3NO2/c17-9-12(22)10-21-15-4-2-1-3-14(15)11-5-7-13(8-6-11)23-16(18,19)20/h1-8,12,21-22H,9-10H2. The first kappa shape index (κ1) is 17.4. The first-order chi connectivity index (χ1) is 10.9. The van der Waals surface area contributed by atoms with Gasteiger partial charge in [0.25, 0.3) is 0 Å². The Morgan fingerprint density at radius 2 is 1.74 bits per heavy atom. The minimum absolute atomic E-state index is 0.110. The molecule has 0 amide bonds.